The maximum Gasteiger partial charge on any atom is 0.315 e. The molecule has 1 aliphatic rings. The fraction of sp³-hybridized carbons (Fsp3) is 0.526. The topological polar surface area (TPSA) is 125 Å². The molecular weight excluding hydrogens is 450 g/mol. The Hall–Kier alpha value is -3.45. The maximum absolute atomic E-state index is 14.8. The molecule has 1 heterocycles. The number of carbonyl (C=O) groups excluding carboxylic acids is 2. The zero-order valence-corrected chi connectivity index (χ0v) is 17.8. The van der Waals surface area contributed by atoms with E-state index in [1.807, 2.05) is 5.32 Å². The third-order valence-electron chi connectivity index (χ3n) is 4.98. The minimum absolute atomic E-state index is 0.100. The third-order valence-corrected chi connectivity index (χ3v) is 4.98. The van der Waals surface area contributed by atoms with E-state index in [0.29, 0.717) is 25.9 Å². The van der Waals surface area contributed by atoms with Gasteiger partial charge in [0.2, 0.25) is 0 Å². The van der Waals surface area contributed by atoms with Crippen molar-refractivity contribution in [3.63, 3.8) is 0 Å². The molecule has 1 aromatic rings. The maximum atomic E-state index is 14.8. The van der Waals surface area contributed by atoms with Crippen molar-refractivity contribution in [2.24, 2.45) is 21.2 Å². The molecule has 10 nitrogen and oxygen atoms in total. The van der Waals surface area contributed by atoms with E-state index in [4.69, 9.17) is 10.5 Å². The van der Waals surface area contributed by atoms with Gasteiger partial charge in [-0.3, -0.25) is 9.59 Å². The van der Waals surface area contributed by atoms with Crippen LogP contribution in [0.1, 0.15) is 12.8 Å². The summed E-state index contributed by atoms with van der Waals surface area (Å²) in [7, 11) is 1.48. The Labute approximate surface area is 187 Å². The lowest BCUT2D eigenvalue weighted by Crippen LogP contribution is -2.42. The van der Waals surface area contributed by atoms with Gasteiger partial charge in [0.15, 0.2) is 11.6 Å². The highest BCUT2D eigenvalue weighted by molar-refractivity contribution is 5.79. The predicted octanol–water partition coefficient (Wildman–Crippen LogP) is 1.65. The van der Waals surface area contributed by atoms with Crippen molar-refractivity contribution in [3.05, 3.63) is 23.8 Å². The fourth-order valence-electron chi connectivity index (χ4n) is 3.35. The molecule has 14 heteroatoms. The van der Waals surface area contributed by atoms with Gasteiger partial charge in [-0.25, -0.2) is 8.78 Å². The van der Waals surface area contributed by atoms with Gasteiger partial charge in [0, 0.05) is 25.8 Å². The van der Waals surface area contributed by atoms with Crippen LogP contribution >= 0.6 is 0 Å². The molecule has 1 aromatic carbocycles. The van der Waals surface area contributed by atoms with E-state index in [1.165, 1.54) is 11.9 Å². The first-order valence-electron chi connectivity index (χ1n) is 10.00. The van der Waals surface area contributed by atoms with Gasteiger partial charge in [-0.05, 0) is 30.2 Å². The number of benzene rings is 1. The van der Waals surface area contributed by atoms with Crippen LogP contribution in [0.4, 0.5) is 28.9 Å². The molecule has 3 N–H and O–H groups in total. The van der Waals surface area contributed by atoms with Crippen molar-refractivity contribution in [2.45, 2.75) is 31.4 Å². The SMILES string of the molecule is CN(CC(CNC(=O)C(F)F)OC=O)c1cc(F)c(N2CCC(N=N/N=C\N)CC2)c(F)c1. The van der Waals surface area contributed by atoms with Crippen molar-refractivity contribution in [1.82, 2.24) is 5.32 Å². The lowest BCUT2D eigenvalue weighted by atomic mass is 10.0. The Morgan fingerprint density at radius 3 is 2.52 bits per heavy atom. The summed E-state index contributed by atoms with van der Waals surface area (Å²) in [5.41, 5.74) is 5.04. The van der Waals surface area contributed by atoms with E-state index >= 15 is 0 Å². The fourth-order valence-corrected chi connectivity index (χ4v) is 3.35. The molecule has 1 aliphatic heterocycles. The summed E-state index contributed by atoms with van der Waals surface area (Å²) in [6.07, 6.45) is -2.17. The van der Waals surface area contributed by atoms with Crippen LogP contribution in [0, 0.1) is 11.6 Å². The lowest BCUT2D eigenvalue weighted by molar-refractivity contribution is -0.136. The Kier molecular flexibility index (Phi) is 9.82. The molecule has 0 aliphatic carbocycles. The summed E-state index contributed by atoms with van der Waals surface area (Å²) in [6, 6.07) is 2.12. The second kappa shape index (κ2) is 12.6. The number of hydrogen-bond donors (Lipinski definition) is 2. The van der Waals surface area contributed by atoms with Crippen molar-refractivity contribution < 1.29 is 31.9 Å². The molecule has 0 spiro atoms. The van der Waals surface area contributed by atoms with Crippen molar-refractivity contribution in [2.75, 3.05) is 43.0 Å². The number of ether oxygens (including phenoxy) is 1. The summed E-state index contributed by atoms with van der Waals surface area (Å²) in [5.74, 6) is -3.09. The molecule has 2 rings (SSSR count). The number of rotatable bonds is 11. The molecule has 0 radical (unpaired) electrons. The number of anilines is 2. The third kappa shape index (κ3) is 7.57. The standard InChI is InChI=1S/C19H25F4N7O3/c1-29(9-14(33-11-31)8-25-19(32)18(22)23)13-6-15(20)17(16(21)7-13)30-4-2-12(3-5-30)27-28-26-10-24/h6-7,10-12,14,18H,2-5,8-9H2,1H3,(H,25,32)(H2,24,26,27). The number of nitrogens with two attached hydrogens (primary N) is 1. The predicted molar refractivity (Wildman–Crippen MR) is 112 cm³/mol. The number of halogens is 4. The highest BCUT2D eigenvalue weighted by Gasteiger charge is 2.25. The second-order valence-electron chi connectivity index (χ2n) is 7.23. The van der Waals surface area contributed by atoms with Crippen LogP contribution in [-0.4, -0.2) is 70.5 Å². The summed E-state index contributed by atoms with van der Waals surface area (Å²) < 4.78 is 59.1. The summed E-state index contributed by atoms with van der Waals surface area (Å²) >= 11 is 0. The number of alkyl halides is 2. The molecule has 1 fully saturated rings. The van der Waals surface area contributed by atoms with Crippen LogP contribution in [-0.2, 0) is 14.3 Å². The number of nitrogens with zero attached hydrogens (tertiary/aromatic N) is 5. The summed E-state index contributed by atoms with van der Waals surface area (Å²) in [5, 5.41) is 12.9. The molecule has 33 heavy (non-hydrogen) atoms. The molecule has 1 unspecified atom stereocenters. The average Bonchev–Trinajstić information content (AvgIpc) is 2.78. The molecule has 0 bridgehead atoms. The number of nitrogens with one attached hydrogen (secondary N) is 1. The van der Waals surface area contributed by atoms with Crippen LogP contribution in [0.2, 0.25) is 0 Å². The van der Waals surface area contributed by atoms with Crippen LogP contribution in [0.25, 0.3) is 0 Å². The zero-order chi connectivity index (χ0) is 24.4. The van der Waals surface area contributed by atoms with Crippen LogP contribution < -0.4 is 20.9 Å². The van der Waals surface area contributed by atoms with E-state index in [0.717, 1.165) is 18.5 Å². The van der Waals surface area contributed by atoms with E-state index in [-0.39, 0.29) is 30.4 Å². The summed E-state index contributed by atoms with van der Waals surface area (Å²) in [6.45, 7) is 0.319. The molecular formula is C19H25F4N7O3. The van der Waals surface area contributed by atoms with Crippen LogP contribution in [0.5, 0.6) is 0 Å². The highest BCUT2D eigenvalue weighted by Crippen LogP contribution is 2.31. The Bertz CT molecular complexity index is 841. The van der Waals surface area contributed by atoms with Crippen molar-refractivity contribution in [3.8, 4) is 0 Å². The minimum atomic E-state index is -3.22. The Balaban J connectivity index is 2.04. The minimum Gasteiger partial charge on any atom is -0.461 e. The quantitative estimate of drug-likeness (QED) is 0.125. The number of carbonyl (C=O) groups is 2. The molecule has 1 saturated heterocycles. The van der Waals surface area contributed by atoms with Gasteiger partial charge in [0.25, 0.3) is 12.4 Å². The van der Waals surface area contributed by atoms with E-state index in [1.54, 1.807) is 4.90 Å². The molecule has 1 amide bonds. The van der Waals surface area contributed by atoms with Gasteiger partial charge < -0.3 is 25.6 Å². The lowest BCUT2D eigenvalue weighted by Gasteiger charge is -2.32. The van der Waals surface area contributed by atoms with Crippen molar-refractivity contribution >= 4 is 30.1 Å². The van der Waals surface area contributed by atoms with Gasteiger partial charge in [0.05, 0.1) is 19.1 Å². The second-order valence-corrected chi connectivity index (χ2v) is 7.23. The molecule has 1 atom stereocenters. The molecule has 182 valence electrons. The van der Waals surface area contributed by atoms with Crippen LogP contribution in [0.3, 0.4) is 0 Å². The van der Waals surface area contributed by atoms with Crippen molar-refractivity contribution in [1.29, 1.82) is 0 Å². The van der Waals surface area contributed by atoms with Gasteiger partial charge in [0.1, 0.15) is 18.1 Å². The largest absolute Gasteiger partial charge is 0.461 e. The molecule has 0 aromatic heterocycles. The Morgan fingerprint density at radius 2 is 1.97 bits per heavy atom. The van der Waals surface area contributed by atoms with E-state index < -0.39 is 36.6 Å². The molecule has 0 saturated carbocycles. The van der Waals surface area contributed by atoms with Crippen LogP contribution in [0.15, 0.2) is 27.6 Å². The Morgan fingerprint density at radius 1 is 1.33 bits per heavy atom. The zero-order valence-electron chi connectivity index (χ0n) is 17.8. The highest BCUT2D eigenvalue weighted by atomic mass is 19.3. The number of hydrogen-bond acceptors (Lipinski definition) is 7. The van der Waals surface area contributed by atoms with E-state index in [2.05, 4.69) is 15.4 Å². The van der Waals surface area contributed by atoms with Gasteiger partial charge in [-0.2, -0.15) is 13.9 Å². The first kappa shape index (κ1) is 25.8. The monoisotopic (exact) mass is 475 g/mol. The average molecular weight is 475 g/mol. The van der Waals surface area contributed by atoms with E-state index in [9.17, 15) is 27.2 Å². The first-order valence-corrected chi connectivity index (χ1v) is 10.00. The number of piperidine rings is 1. The smallest absolute Gasteiger partial charge is 0.315 e. The number of likely N-dealkylation sites (N-methyl/N-ethyl adjacent to an activating group) is 1. The summed E-state index contributed by atoms with van der Waals surface area (Å²) in [4.78, 5) is 24.7. The van der Waals surface area contributed by atoms with Gasteiger partial charge >= 0.3 is 6.43 Å². The normalized spacial score (nSPS) is 15.9. The first-order chi connectivity index (χ1) is 15.8. The van der Waals surface area contributed by atoms with Gasteiger partial charge in [-0.1, -0.05) is 0 Å². The number of amides is 1. The van der Waals surface area contributed by atoms with Gasteiger partial charge in [-0.15, -0.1) is 5.10 Å².